The van der Waals surface area contributed by atoms with Gasteiger partial charge in [-0.05, 0) is 19.4 Å². The van der Waals surface area contributed by atoms with Crippen LogP contribution >= 0.6 is 0 Å². The first-order chi connectivity index (χ1) is 6.83. The van der Waals surface area contributed by atoms with Crippen LogP contribution in [0.3, 0.4) is 0 Å². The molecule has 0 aliphatic carbocycles. The van der Waals surface area contributed by atoms with Gasteiger partial charge in [0.15, 0.2) is 5.65 Å². The minimum absolute atomic E-state index is 0.984. The molecule has 0 aliphatic rings. The maximum atomic E-state index is 4.34. The van der Waals surface area contributed by atoms with Crippen LogP contribution in [-0.2, 0) is 6.42 Å². The smallest absolute Gasteiger partial charge is 0.158 e. The normalized spacial score (nSPS) is 9.71. The Labute approximate surface area is 84.8 Å². The molecule has 0 unspecified atom stereocenters. The summed E-state index contributed by atoms with van der Waals surface area (Å²) in [6, 6.07) is 1.89. The van der Waals surface area contributed by atoms with Crippen LogP contribution in [0.5, 0.6) is 0 Å². The zero-order valence-corrected chi connectivity index (χ0v) is 9.28. The van der Waals surface area contributed by atoms with Crippen molar-refractivity contribution >= 4 is 5.65 Å². The van der Waals surface area contributed by atoms with Crippen LogP contribution in [0, 0.1) is 6.92 Å². The number of hydrogen-bond donors (Lipinski definition) is 0. The van der Waals surface area contributed by atoms with Gasteiger partial charge < -0.3 is 0 Å². The quantitative estimate of drug-likeness (QED) is 0.693. The summed E-state index contributed by atoms with van der Waals surface area (Å²) in [5.74, 6) is 0. The summed E-state index contributed by atoms with van der Waals surface area (Å²) in [6.07, 6.45) is 4.72. The minimum atomic E-state index is 0.984. The van der Waals surface area contributed by atoms with E-state index >= 15 is 0 Å². The zero-order valence-electron chi connectivity index (χ0n) is 9.28. The van der Waals surface area contributed by atoms with Crippen molar-refractivity contribution in [3.63, 3.8) is 0 Å². The summed E-state index contributed by atoms with van der Waals surface area (Å²) < 4.78 is 1.83. The summed E-state index contributed by atoms with van der Waals surface area (Å²) in [7, 11) is 0. The molecule has 0 saturated carbocycles. The molecule has 0 atom stereocenters. The summed E-state index contributed by atoms with van der Waals surface area (Å²) in [5, 5.41) is 4.34. The Kier molecular flexibility index (Phi) is 3.63. The van der Waals surface area contributed by atoms with Crippen molar-refractivity contribution in [2.75, 3.05) is 0 Å². The van der Waals surface area contributed by atoms with Gasteiger partial charge in [-0.15, -0.1) is 0 Å². The number of aromatic nitrogens is 3. The van der Waals surface area contributed by atoms with Crippen LogP contribution in [0.4, 0.5) is 0 Å². The lowest BCUT2D eigenvalue weighted by atomic mass is 10.2. The molecule has 0 spiro atoms. The molecule has 0 N–H and O–H groups in total. The van der Waals surface area contributed by atoms with Gasteiger partial charge in [0, 0.05) is 18.0 Å². The molecule has 0 amide bonds. The molecular formula is C11H17N3. The van der Waals surface area contributed by atoms with Crippen LogP contribution in [0.25, 0.3) is 5.65 Å². The Balaban J connectivity index is 0.000000461. The van der Waals surface area contributed by atoms with E-state index in [9.17, 15) is 0 Å². The highest BCUT2D eigenvalue weighted by Gasteiger charge is 2.06. The van der Waals surface area contributed by atoms with E-state index in [-0.39, 0.29) is 0 Å². The van der Waals surface area contributed by atoms with E-state index in [0.717, 1.165) is 17.8 Å². The van der Waals surface area contributed by atoms with Crippen molar-refractivity contribution in [2.45, 2.75) is 34.1 Å². The standard InChI is InChI=1S/C9H11N3.C2H6/c1-3-8-7(2)11-12-6-4-5-10-9(8)12;1-2/h4-6H,3H2,1-2H3;1-2H3. The summed E-state index contributed by atoms with van der Waals surface area (Å²) in [5.41, 5.74) is 3.31. The van der Waals surface area contributed by atoms with E-state index in [1.807, 2.05) is 37.5 Å². The highest BCUT2D eigenvalue weighted by atomic mass is 15.2. The van der Waals surface area contributed by atoms with Gasteiger partial charge in [0.05, 0.1) is 5.69 Å². The first-order valence-corrected chi connectivity index (χ1v) is 5.11. The lowest BCUT2D eigenvalue weighted by molar-refractivity contribution is 0.916. The van der Waals surface area contributed by atoms with E-state index < -0.39 is 0 Å². The largest absolute Gasteiger partial charge is 0.237 e. The molecule has 3 heteroatoms. The maximum absolute atomic E-state index is 4.34. The molecule has 2 aromatic rings. The van der Waals surface area contributed by atoms with Crippen LogP contribution in [0.2, 0.25) is 0 Å². The van der Waals surface area contributed by atoms with Gasteiger partial charge in [0.25, 0.3) is 0 Å². The van der Waals surface area contributed by atoms with Crippen LogP contribution < -0.4 is 0 Å². The van der Waals surface area contributed by atoms with E-state index in [4.69, 9.17) is 0 Å². The average molecular weight is 191 g/mol. The summed E-state index contributed by atoms with van der Waals surface area (Å²) >= 11 is 0. The predicted octanol–water partition coefficient (Wildman–Crippen LogP) is 2.63. The topological polar surface area (TPSA) is 30.2 Å². The fourth-order valence-corrected chi connectivity index (χ4v) is 1.46. The fourth-order valence-electron chi connectivity index (χ4n) is 1.46. The molecule has 2 heterocycles. The molecule has 76 valence electrons. The highest BCUT2D eigenvalue weighted by Crippen LogP contribution is 2.12. The molecule has 0 aromatic carbocycles. The molecule has 2 rings (SSSR count). The minimum Gasteiger partial charge on any atom is -0.237 e. The number of fused-ring (bicyclic) bond motifs is 1. The van der Waals surface area contributed by atoms with Crippen LogP contribution in [0.1, 0.15) is 32.0 Å². The average Bonchev–Trinajstić information content (AvgIpc) is 2.56. The second-order valence-electron chi connectivity index (χ2n) is 2.81. The highest BCUT2D eigenvalue weighted by molar-refractivity contribution is 5.49. The van der Waals surface area contributed by atoms with Crippen molar-refractivity contribution in [1.82, 2.24) is 14.6 Å². The van der Waals surface area contributed by atoms with Gasteiger partial charge >= 0.3 is 0 Å². The SMILES string of the molecule is CC.CCc1c(C)nn2cccnc12. The molecule has 2 aromatic heterocycles. The predicted molar refractivity (Wildman–Crippen MR) is 58.5 cm³/mol. The Hall–Kier alpha value is -1.38. The van der Waals surface area contributed by atoms with Gasteiger partial charge in [-0.1, -0.05) is 20.8 Å². The van der Waals surface area contributed by atoms with Crippen molar-refractivity contribution < 1.29 is 0 Å². The molecule has 0 radical (unpaired) electrons. The Morgan fingerprint density at radius 1 is 1.36 bits per heavy atom. The van der Waals surface area contributed by atoms with Crippen molar-refractivity contribution in [3.05, 3.63) is 29.7 Å². The van der Waals surface area contributed by atoms with E-state index in [0.29, 0.717) is 0 Å². The third-order valence-corrected chi connectivity index (χ3v) is 2.05. The third-order valence-electron chi connectivity index (χ3n) is 2.05. The zero-order chi connectivity index (χ0) is 10.6. The van der Waals surface area contributed by atoms with E-state index in [1.54, 1.807) is 6.20 Å². The molecule has 0 fully saturated rings. The van der Waals surface area contributed by atoms with E-state index in [2.05, 4.69) is 17.0 Å². The number of nitrogens with zero attached hydrogens (tertiary/aromatic N) is 3. The number of aryl methyl sites for hydroxylation is 2. The van der Waals surface area contributed by atoms with Gasteiger partial charge in [-0.3, -0.25) is 0 Å². The molecule has 0 aliphatic heterocycles. The molecule has 14 heavy (non-hydrogen) atoms. The van der Waals surface area contributed by atoms with Gasteiger partial charge in [0.1, 0.15) is 0 Å². The number of rotatable bonds is 1. The van der Waals surface area contributed by atoms with Gasteiger partial charge in [-0.25, -0.2) is 9.50 Å². The van der Waals surface area contributed by atoms with Crippen molar-refractivity contribution in [3.8, 4) is 0 Å². The lowest BCUT2D eigenvalue weighted by Gasteiger charge is -1.91. The fraction of sp³-hybridized carbons (Fsp3) is 0.455. The van der Waals surface area contributed by atoms with Crippen LogP contribution in [0.15, 0.2) is 18.5 Å². The van der Waals surface area contributed by atoms with Crippen LogP contribution in [-0.4, -0.2) is 14.6 Å². The monoisotopic (exact) mass is 191 g/mol. The van der Waals surface area contributed by atoms with Gasteiger partial charge in [-0.2, -0.15) is 5.10 Å². The Morgan fingerprint density at radius 3 is 2.71 bits per heavy atom. The number of hydrogen-bond acceptors (Lipinski definition) is 2. The Bertz CT molecular complexity index is 404. The van der Waals surface area contributed by atoms with Gasteiger partial charge in [0.2, 0.25) is 0 Å². The second-order valence-corrected chi connectivity index (χ2v) is 2.81. The van der Waals surface area contributed by atoms with E-state index in [1.165, 1.54) is 5.56 Å². The van der Waals surface area contributed by atoms with Crippen molar-refractivity contribution in [1.29, 1.82) is 0 Å². The molecule has 0 bridgehead atoms. The molecule has 3 nitrogen and oxygen atoms in total. The lowest BCUT2D eigenvalue weighted by Crippen LogP contribution is -1.88. The first kappa shape index (κ1) is 10.7. The first-order valence-electron chi connectivity index (χ1n) is 5.11. The van der Waals surface area contributed by atoms with Crippen molar-refractivity contribution in [2.24, 2.45) is 0 Å². The second kappa shape index (κ2) is 4.74. The Morgan fingerprint density at radius 2 is 2.07 bits per heavy atom. The maximum Gasteiger partial charge on any atom is 0.158 e. The molecule has 0 saturated heterocycles. The summed E-state index contributed by atoms with van der Waals surface area (Å²) in [4.78, 5) is 4.27. The molecular weight excluding hydrogens is 174 g/mol. The third kappa shape index (κ3) is 1.76. The summed E-state index contributed by atoms with van der Waals surface area (Å²) in [6.45, 7) is 8.15.